The van der Waals surface area contributed by atoms with E-state index in [2.05, 4.69) is 15.1 Å². The molecule has 6 nitrogen and oxygen atoms in total. The number of aliphatic hydroxyl groups is 1. The molecule has 19 heavy (non-hydrogen) atoms. The number of nitrogen functional groups attached to an aromatic ring is 1. The zero-order valence-corrected chi connectivity index (χ0v) is 10.7. The van der Waals surface area contributed by atoms with Gasteiger partial charge in [0.25, 0.3) is 0 Å². The van der Waals surface area contributed by atoms with Crippen molar-refractivity contribution in [1.82, 2.24) is 19.7 Å². The molecule has 3 N–H and O–H groups in total. The van der Waals surface area contributed by atoms with Crippen LogP contribution < -0.4 is 5.73 Å². The summed E-state index contributed by atoms with van der Waals surface area (Å²) in [5, 5.41) is 13.7. The average Bonchev–Trinajstić information content (AvgIpc) is 3.15. The van der Waals surface area contributed by atoms with Crippen LogP contribution in [0.1, 0.15) is 37.3 Å². The average molecular weight is 259 g/mol. The van der Waals surface area contributed by atoms with Crippen LogP contribution in [0, 0.1) is 5.92 Å². The molecule has 2 fully saturated rings. The first-order valence-electron chi connectivity index (χ1n) is 6.87. The molecule has 2 heterocycles. The van der Waals surface area contributed by atoms with Crippen molar-refractivity contribution < 1.29 is 5.11 Å². The second-order valence-electron chi connectivity index (χ2n) is 5.80. The van der Waals surface area contributed by atoms with E-state index < -0.39 is 0 Å². The molecule has 100 valence electrons. The van der Waals surface area contributed by atoms with Gasteiger partial charge in [-0.2, -0.15) is 5.10 Å². The van der Waals surface area contributed by atoms with Crippen LogP contribution in [0.4, 0.5) is 5.82 Å². The minimum Gasteiger partial charge on any atom is -0.393 e. The minimum atomic E-state index is -0.141. The summed E-state index contributed by atoms with van der Waals surface area (Å²) in [5.74, 6) is 1.50. The van der Waals surface area contributed by atoms with Crippen molar-refractivity contribution in [3.05, 3.63) is 11.9 Å². The second kappa shape index (κ2) is 3.90. The third kappa shape index (κ3) is 1.87. The summed E-state index contributed by atoms with van der Waals surface area (Å²) < 4.78 is 1.86. The SMILES string of the molecule is Nc1nn(C[C@H]2C[C@@H](O)C2)c2nc(C3CC3)cnc12. The molecular formula is C13H17N5O. The van der Waals surface area contributed by atoms with Crippen LogP contribution in [0.5, 0.6) is 0 Å². The Morgan fingerprint density at radius 3 is 2.84 bits per heavy atom. The maximum absolute atomic E-state index is 9.36. The van der Waals surface area contributed by atoms with Crippen molar-refractivity contribution >= 4 is 17.0 Å². The number of anilines is 1. The molecule has 0 bridgehead atoms. The summed E-state index contributed by atoms with van der Waals surface area (Å²) in [5.41, 5.74) is 8.45. The normalized spacial score (nSPS) is 26.6. The van der Waals surface area contributed by atoms with Crippen LogP contribution >= 0.6 is 0 Å². The van der Waals surface area contributed by atoms with Crippen LogP contribution in [-0.4, -0.2) is 31.0 Å². The molecule has 0 amide bonds. The molecule has 2 aromatic rings. The van der Waals surface area contributed by atoms with Gasteiger partial charge in [0.1, 0.15) is 0 Å². The van der Waals surface area contributed by atoms with Gasteiger partial charge in [-0.05, 0) is 31.6 Å². The fourth-order valence-corrected chi connectivity index (χ4v) is 2.78. The molecular weight excluding hydrogens is 242 g/mol. The number of nitrogens with two attached hydrogens (primary N) is 1. The Hall–Kier alpha value is -1.69. The van der Waals surface area contributed by atoms with Gasteiger partial charge >= 0.3 is 0 Å². The zero-order valence-electron chi connectivity index (χ0n) is 10.7. The number of nitrogens with zero attached hydrogens (tertiary/aromatic N) is 4. The molecule has 0 unspecified atom stereocenters. The van der Waals surface area contributed by atoms with Gasteiger partial charge in [-0.25, -0.2) is 14.6 Å². The Balaban J connectivity index is 1.70. The molecule has 2 aliphatic carbocycles. The smallest absolute Gasteiger partial charge is 0.179 e. The summed E-state index contributed by atoms with van der Waals surface area (Å²) in [6, 6.07) is 0. The monoisotopic (exact) mass is 259 g/mol. The Morgan fingerprint density at radius 1 is 1.37 bits per heavy atom. The number of hydrogen-bond donors (Lipinski definition) is 2. The van der Waals surface area contributed by atoms with Crippen molar-refractivity contribution in [2.45, 2.75) is 44.2 Å². The highest BCUT2D eigenvalue weighted by molar-refractivity contribution is 5.81. The van der Waals surface area contributed by atoms with E-state index in [0.717, 1.165) is 30.7 Å². The Labute approximate surface area is 110 Å². The minimum absolute atomic E-state index is 0.141. The van der Waals surface area contributed by atoms with E-state index in [-0.39, 0.29) is 6.10 Å². The van der Waals surface area contributed by atoms with Crippen molar-refractivity contribution in [2.24, 2.45) is 5.92 Å². The molecule has 0 saturated heterocycles. The molecule has 2 aromatic heterocycles. The van der Waals surface area contributed by atoms with Crippen molar-refractivity contribution in [1.29, 1.82) is 0 Å². The van der Waals surface area contributed by atoms with Gasteiger partial charge in [0.15, 0.2) is 17.0 Å². The number of aliphatic hydroxyl groups excluding tert-OH is 1. The van der Waals surface area contributed by atoms with Gasteiger partial charge in [-0.3, -0.25) is 0 Å². The fourth-order valence-electron chi connectivity index (χ4n) is 2.78. The topological polar surface area (TPSA) is 89.8 Å². The van der Waals surface area contributed by atoms with E-state index in [0.29, 0.717) is 23.2 Å². The lowest BCUT2D eigenvalue weighted by Gasteiger charge is -2.31. The highest BCUT2D eigenvalue weighted by atomic mass is 16.3. The van der Waals surface area contributed by atoms with Crippen LogP contribution in [0.25, 0.3) is 11.2 Å². The van der Waals surface area contributed by atoms with E-state index in [1.807, 2.05) is 10.9 Å². The third-order valence-electron chi connectivity index (χ3n) is 4.13. The molecule has 0 aliphatic heterocycles. The van der Waals surface area contributed by atoms with E-state index >= 15 is 0 Å². The number of rotatable bonds is 3. The standard InChI is InChI=1S/C13H17N5O/c14-12-11-13(16-10(5-15-11)8-1-2-8)18(17-12)6-7-3-9(19)4-7/h5,7-9,19H,1-4,6H2,(H2,14,17)/t7-,9+. The summed E-state index contributed by atoms with van der Waals surface area (Å²) in [7, 11) is 0. The third-order valence-corrected chi connectivity index (χ3v) is 4.13. The first-order chi connectivity index (χ1) is 9.20. The van der Waals surface area contributed by atoms with Crippen LogP contribution in [-0.2, 0) is 6.54 Å². The summed E-state index contributed by atoms with van der Waals surface area (Å²) >= 11 is 0. The molecule has 2 aliphatic rings. The van der Waals surface area contributed by atoms with Gasteiger partial charge < -0.3 is 10.8 Å². The first-order valence-corrected chi connectivity index (χ1v) is 6.87. The summed E-state index contributed by atoms with van der Waals surface area (Å²) in [6.07, 6.45) is 5.79. The number of fused-ring (bicyclic) bond motifs is 1. The molecule has 0 spiro atoms. The van der Waals surface area contributed by atoms with Crippen LogP contribution in [0.3, 0.4) is 0 Å². The van der Waals surface area contributed by atoms with E-state index in [9.17, 15) is 5.11 Å². The lowest BCUT2D eigenvalue weighted by Crippen LogP contribution is -2.31. The Morgan fingerprint density at radius 2 is 2.16 bits per heavy atom. The molecule has 0 aromatic carbocycles. The fraction of sp³-hybridized carbons (Fsp3) is 0.615. The maximum atomic E-state index is 9.36. The second-order valence-corrected chi connectivity index (χ2v) is 5.80. The van der Waals surface area contributed by atoms with Gasteiger partial charge in [0.05, 0.1) is 11.8 Å². The van der Waals surface area contributed by atoms with E-state index in [1.165, 1.54) is 12.8 Å². The Kier molecular flexibility index (Phi) is 2.29. The zero-order chi connectivity index (χ0) is 13.0. The summed E-state index contributed by atoms with van der Waals surface area (Å²) in [6.45, 7) is 0.771. The van der Waals surface area contributed by atoms with Gasteiger partial charge in [0.2, 0.25) is 0 Å². The van der Waals surface area contributed by atoms with Crippen molar-refractivity contribution in [3.63, 3.8) is 0 Å². The lowest BCUT2D eigenvalue weighted by atomic mass is 9.82. The maximum Gasteiger partial charge on any atom is 0.179 e. The Bertz CT molecular complexity index is 627. The lowest BCUT2D eigenvalue weighted by molar-refractivity contribution is 0.0342. The van der Waals surface area contributed by atoms with E-state index in [4.69, 9.17) is 5.73 Å². The highest BCUT2D eigenvalue weighted by Gasteiger charge is 2.30. The molecule has 0 atom stereocenters. The van der Waals surface area contributed by atoms with Crippen molar-refractivity contribution in [3.8, 4) is 0 Å². The quantitative estimate of drug-likeness (QED) is 0.860. The number of hydrogen-bond acceptors (Lipinski definition) is 5. The van der Waals surface area contributed by atoms with Crippen LogP contribution in [0.15, 0.2) is 6.20 Å². The summed E-state index contributed by atoms with van der Waals surface area (Å²) in [4.78, 5) is 9.09. The largest absolute Gasteiger partial charge is 0.393 e. The highest BCUT2D eigenvalue weighted by Crippen LogP contribution is 2.39. The predicted octanol–water partition coefficient (Wildman–Crippen LogP) is 1.06. The van der Waals surface area contributed by atoms with Gasteiger partial charge in [-0.1, -0.05) is 0 Å². The number of aromatic nitrogens is 4. The molecule has 6 heteroatoms. The van der Waals surface area contributed by atoms with E-state index in [1.54, 1.807) is 0 Å². The molecule has 0 radical (unpaired) electrons. The molecule has 4 rings (SSSR count). The van der Waals surface area contributed by atoms with Gasteiger partial charge in [0, 0.05) is 18.7 Å². The first kappa shape index (κ1) is 11.2. The van der Waals surface area contributed by atoms with Crippen molar-refractivity contribution in [2.75, 3.05) is 5.73 Å². The predicted molar refractivity (Wildman–Crippen MR) is 70.4 cm³/mol. The van der Waals surface area contributed by atoms with Crippen LogP contribution in [0.2, 0.25) is 0 Å². The van der Waals surface area contributed by atoms with Gasteiger partial charge in [-0.15, -0.1) is 0 Å². The molecule has 2 saturated carbocycles.